The van der Waals surface area contributed by atoms with Crippen LogP contribution < -0.4 is 11.3 Å². The summed E-state index contributed by atoms with van der Waals surface area (Å²) in [7, 11) is -3.19. The zero-order valence-corrected chi connectivity index (χ0v) is 11.9. The molecule has 2 rings (SSSR count). The molecule has 1 aliphatic heterocycles. The maximum absolute atomic E-state index is 12.2. The Morgan fingerprint density at radius 3 is 2.40 bits per heavy atom. The van der Waals surface area contributed by atoms with Gasteiger partial charge >= 0.3 is 0 Å². The molecule has 110 valence electrons. The summed E-state index contributed by atoms with van der Waals surface area (Å²) in [6.07, 6.45) is 2.62. The number of sulfonamides is 1. The highest BCUT2D eigenvalue weighted by molar-refractivity contribution is 7.88. The average molecular weight is 299 g/mol. The van der Waals surface area contributed by atoms with E-state index in [9.17, 15) is 13.2 Å². The minimum absolute atomic E-state index is 0.158. The van der Waals surface area contributed by atoms with Crippen LogP contribution in [0.2, 0.25) is 0 Å². The van der Waals surface area contributed by atoms with Crippen LogP contribution in [0.1, 0.15) is 10.4 Å². The highest BCUT2D eigenvalue weighted by Crippen LogP contribution is 2.11. The third-order valence-corrected chi connectivity index (χ3v) is 4.46. The molecular weight excluding hydrogens is 282 g/mol. The third-order valence-electron chi connectivity index (χ3n) is 3.15. The number of pyridine rings is 1. The summed E-state index contributed by atoms with van der Waals surface area (Å²) < 4.78 is 24.2. The molecule has 0 saturated carbocycles. The SMILES string of the molecule is CS(=O)(=O)N1CCN(C(=O)c2ccc(NN)nc2)CC1. The van der Waals surface area contributed by atoms with Crippen molar-refractivity contribution in [1.82, 2.24) is 14.2 Å². The van der Waals surface area contributed by atoms with Gasteiger partial charge in [-0.1, -0.05) is 0 Å². The Labute approximate surface area is 117 Å². The van der Waals surface area contributed by atoms with Gasteiger partial charge in [-0.2, -0.15) is 4.31 Å². The van der Waals surface area contributed by atoms with E-state index in [1.165, 1.54) is 16.8 Å². The van der Waals surface area contributed by atoms with Gasteiger partial charge in [0.1, 0.15) is 5.82 Å². The number of rotatable bonds is 3. The van der Waals surface area contributed by atoms with Crippen LogP contribution in [0.5, 0.6) is 0 Å². The summed E-state index contributed by atoms with van der Waals surface area (Å²) in [6, 6.07) is 3.24. The van der Waals surface area contributed by atoms with Crippen molar-refractivity contribution in [2.24, 2.45) is 5.84 Å². The lowest BCUT2D eigenvalue weighted by atomic mass is 10.2. The van der Waals surface area contributed by atoms with E-state index in [1.807, 2.05) is 0 Å². The van der Waals surface area contributed by atoms with E-state index in [0.717, 1.165) is 0 Å². The second-order valence-electron chi connectivity index (χ2n) is 4.53. The van der Waals surface area contributed by atoms with Crippen molar-refractivity contribution in [3.05, 3.63) is 23.9 Å². The van der Waals surface area contributed by atoms with E-state index in [4.69, 9.17) is 5.84 Å². The number of nitrogens with two attached hydrogens (primary N) is 1. The van der Waals surface area contributed by atoms with Gasteiger partial charge in [0.05, 0.1) is 11.8 Å². The van der Waals surface area contributed by atoms with Crippen LogP contribution in [0.15, 0.2) is 18.3 Å². The van der Waals surface area contributed by atoms with Crippen molar-refractivity contribution in [3.63, 3.8) is 0 Å². The van der Waals surface area contributed by atoms with Crippen LogP contribution in [0.4, 0.5) is 5.82 Å². The predicted octanol–water partition coefficient (Wildman–Crippen LogP) is -0.915. The molecule has 8 nitrogen and oxygen atoms in total. The number of nitrogen functional groups attached to an aromatic ring is 1. The van der Waals surface area contributed by atoms with Crippen molar-refractivity contribution < 1.29 is 13.2 Å². The van der Waals surface area contributed by atoms with Crippen molar-refractivity contribution in [2.75, 3.05) is 37.9 Å². The molecule has 1 amide bonds. The Morgan fingerprint density at radius 1 is 1.30 bits per heavy atom. The fourth-order valence-electron chi connectivity index (χ4n) is 2.01. The number of carbonyl (C=O) groups is 1. The standard InChI is InChI=1S/C11H17N5O3S/c1-20(18,19)16-6-4-15(5-7-16)11(17)9-2-3-10(14-12)13-8-9/h2-3,8H,4-7,12H2,1H3,(H,13,14). The minimum Gasteiger partial charge on any atom is -0.336 e. The van der Waals surface area contributed by atoms with Crippen LogP contribution in [0, 0.1) is 0 Å². The molecule has 0 aromatic carbocycles. The molecule has 1 aromatic rings. The molecule has 0 radical (unpaired) electrons. The van der Waals surface area contributed by atoms with E-state index in [-0.39, 0.29) is 5.91 Å². The lowest BCUT2D eigenvalue weighted by molar-refractivity contribution is 0.0698. The molecule has 0 aliphatic carbocycles. The van der Waals surface area contributed by atoms with E-state index in [1.54, 1.807) is 17.0 Å². The summed E-state index contributed by atoms with van der Waals surface area (Å²) >= 11 is 0. The smallest absolute Gasteiger partial charge is 0.255 e. The number of piperazine rings is 1. The number of anilines is 1. The maximum Gasteiger partial charge on any atom is 0.255 e. The monoisotopic (exact) mass is 299 g/mol. The molecular formula is C11H17N5O3S. The lowest BCUT2D eigenvalue weighted by Gasteiger charge is -2.33. The highest BCUT2D eigenvalue weighted by atomic mass is 32.2. The number of hydrogen-bond acceptors (Lipinski definition) is 6. The molecule has 1 aromatic heterocycles. The molecule has 0 atom stereocenters. The number of carbonyl (C=O) groups excluding carboxylic acids is 1. The predicted molar refractivity (Wildman–Crippen MR) is 74.4 cm³/mol. The van der Waals surface area contributed by atoms with Crippen molar-refractivity contribution >= 4 is 21.7 Å². The topological polar surface area (TPSA) is 109 Å². The first-order valence-corrected chi connectivity index (χ1v) is 7.93. The van der Waals surface area contributed by atoms with Crippen molar-refractivity contribution in [3.8, 4) is 0 Å². The normalized spacial score (nSPS) is 17.0. The quantitative estimate of drug-likeness (QED) is 0.552. The first-order valence-electron chi connectivity index (χ1n) is 6.09. The van der Waals surface area contributed by atoms with Crippen LogP contribution in [0.3, 0.4) is 0 Å². The summed E-state index contributed by atoms with van der Waals surface area (Å²) in [5.41, 5.74) is 2.84. The summed E-state index contributed by atoms with van der Waals surface area (Å²) in [4.78, 5) is 17.8. The van der Waals surface area contributed by atoms with Gasteiger partial charge in [-0.05, 0) is 12.1 Å². The second-order valence-corrected chi connectivity index (χ2v) is 6.51. The minimum atomic E-state index is -3.19. The van der Waals surface area contributed by atoms with Crippen LogP contribution in [0.25, 0.3) is 0 Å². The van der Waals surface area contributed by atoms with E-state index in [2.05, 4.69) is 10.4 Å². The molecule has 20 heavy (non-hydrogen) atoms. The van der Waals surface area contributed by atoms with Crippen molar-refractivity contribution in [2.45, 2.75) is 0 Å². The van der Waals surface area contributed by atoms with E-state index in [0.29, 0.717) is 37.6 Å². The molecule has 1 fully saturated rings. The summed E-state index contributed by atoms with van der Waals surface area (Å²) in [5.74, 6) is 5.52. The average Bonchev–Trinajstić information content (AvgIpc) is 2.46. The number of nitrogens with zero attached hydrogens (tertiary/aromatic N) is 3. The molecule has 9 heteroatoms. The molecule has 0 spiro atoms. The van der Waals surface area contributed by atoms with Gasteiger partial charge in [0.15, 0.2) is 0 Å². The number of aromatic nitrogens is 1. The Bertz CT molecular complexity index is 579. The summed E-state index contributed by atoms with van der Waals surface area (Å²) in [6.45, 7) is 1.40. The highest BCUT2D eigenvalue weighted by Gasteiger charge is 2.26. The Hall–Kier alpha value is -1.71. The fraction of sp³-hybridized carbons (Fsp3) is 0.455. The number of hydrogen-bond donors (Lipinski definition) is 2. The first kappa shape index (κ1) is 14.7. The number of amides is 1. The second kappa shape index (κ2) is 5.73. The van der Waals surface area contributed by atoms with Gasteiger partial charge in [0.2, 0.25) is 10.0 Å². The van der Waals surface area contributed by atoms with Crippen LogP contribution >= 0.6 is 0 Å². The molecule has 2 heterocycles. The number of hydrazine groups is 1. The molecule has 1 saturated heterocycles. The van der Waals surface area contributed by atoms with E-state index >= 15 is 0 Å². The summed E-state index contributed by atoms with van der Waals surface area (Å²) in [5, 5.41) is 0. The maximum atomic E-state index is 12.2. The van der Waals surface area contributed by atoms with E-state index < -0.39 is 10.0 Å². The largest absolute Gasteiger partial charge is 0.336 e. The van der Waals surface area contributed by atoms with Crippen molar-refractivity contribution in [1.29, 1.82) is 0 Å². The molecule has 0 unspecified atom stereocenters. The van der Waals surface area contributed by atoms with Crippen LogP contribution in [-0.2, 0) is 10.0 Å². The number of nitrogens with one attached hydrogen (secondary N) is 1. The Kier molecular flexibility index (Phi) is 4.21. The fourth-order valence-corrected chi connectivity index (χ4v) is 2.84. The van der Waals surface area contributed by atoms with Gasteiger partial charge in [-0.25, -0.2) is 19.2 Å². The molecule has 1 aliphatic rings. The molecule has 3 N–H and O–H groups in total. The van der Waals surface area contributed by atoms with Gasteiger partial charge < -0.3 is 10.3 Å². The zero-order valence-electron chi connectivity index (χ0n) is 11.1. The third kappa shape index (κ3) is 3.24. The Balaban J connectivity index is 2.01. The first-order chi connectivity index (χ1) is 9.41. The van der Waals surface area contributed by atoms with Gasteiger partial charge in [0.25, 0.3) is 5.91 Å². The van der Waals surface area contributed by atoms with Gasteiger partial charge in [-0.15, -0.1) is 0 Å². The Morgan fingerprint density at radius 2 is 1.95 bits per heavy atom. The lowest BCUT2D eigenvalue weighted by Crippen LogP contribution is -2.50. The van der Waals surface area contributed by atoms with Gasteiger partial charge in [0, 0.05) is 32.4 Å². The zero-order chi connectivity index (χ0) is 14.8. The van der Waals surface area contributed by atoms with Crippen LogP contribution in [-0.4, -0.2) is 60.9 Å². The molecule has 0 bridgehead atoms. The van der Waals surface area contributed by atoms with Gasteiger partial charge in [-0.3, -0.25) is 4.79 Å².